The van der Waals surface area contributed by atoms with Crippen LogP contribution < -0.4 is 5.32 Å². The molecule has 0 aliphatic heterocycles. The first-order valence-corrected chi connectivity index (χ1v) is 8.19. The number of carbonyl (C=O) groups excluding carboxylic acids is 1. The summed E-state index contributed by atoms with van der Waals surface area (Å²) in [6.07, 6.45) is 0. The second kappa shape index (κ2) is 6.30. The third kappa shape index (κ3) is 3.29. The predicted molar refractivity (Wildman–Crippen MR) is 94.0 cm³/mol. The van der Waals surface area contributed by atoms with Crippen LogP contribution in [0.15, 0.2) is 41.8 Å². The van der Waals surface area contributed by atoms with Crippen LogP contribution in [-0.4, -0.2) is 15.9 Å². The second-order valence-electron chi connectivity index (χ2n) is 5.38. The molecule has 0 aliphatic rings. The molecule has 0 saturated carbocycles. The molecule has 5 heteroatoms. The van der Waals surface area contributed by atoms with E-state index < -0.39 is 0 Å². The lowest BCUT2D eigenvalue weighted by atomic mass is 10.0. The second-order valence-corrected chi connectivity index (χ2v) is 6.46. The topological polar surface area (TPSA) is 54.9 Å². The van der Waals surface area contributed by atoms with Gasteiger partial charge in [-0.2, -0.15) is 0 Å². The normalized spacial score (nSPS) is 10.6. The van der Waals surface area contributed by atoms with Crippen molar-refractivity contribution in [1.82, 2.24) is 9.97 Å². The molecule has 2 aromatic heterocycles. The number of nitrogens with one attached hydrogen (secondary N) is 1. The van der Waals surface area contributed by atoms with E-state index in [1.807, 2.05) is 62.5 Å². The molecule has 116 valence electrons. The highest BCUT2D eigenvalue weighted by molar-refractivity contribution is 7.10. The molecule has 0 saturated heterocycles. The van der Waals surface area contributed by atoms with Crippen molar-refractivity contribution in [1.29, 1.82) is 0 Å². The number of aryl methyl sites for hydroxylation is 3. The average Bonchev–Trinajstić information content (AvgIpc) is 2.89. The van der Waals surface area contributed by atoms with E-state index in [1.54, 1.807) is 11.3 Å². The maximum absolute atomic E-state index is 12.7. The van der Waals surface area contributed by atoms with Crippen LogP contribution in [0.2, 0.25) is 0 Å². The number of anilines is 1. The van der Waals surface area contributed by atoms with E-state index >= 15 is 0 Å². The van der Waals surface area contributed by atoms with E-state index in [-0.39, 0.29) is 5.91 Å². The van der Waals surface area contributed by atoms with Crippen LogP contribution in [-0.2, 0) is 0 Å². The molecule has 3 aromatic rings. The van der Waals surface area contributed by atoms with Crippen LogP contribution in [0.4, 0.5) is 5.95 Å². The van der Waals surface area contributed by atoms with Crippen molar-refractivity contribution in [2.45, 2.75) is 20.8 Å². The molecular weight excluding hydrogens is 306 g/mol. The van der Waals surface area contributed by atoms with Gasteiger partial charge >= 0.3 is 0 Å². The van der Waals surface area contributed by atoms with Gasteiger partial charge in [-0.25, -0.2) is 9.97 Å². The Bertz CT molecular complexity index is 836. The molecule has 1 aromatic carbocycles. The van der Waals surface area contributed by atoms with Gasteiger partial charge in [0.05, 0.1) is 5.56 Å². The fourth-order valence-corrected chi connectivity index (χ4v) is 3.40. The van der Waals surface area contributed by atoms with Gasteiger partial charge in [0, 0.05) is 27.2 Å². The van der Waals surface area contributed by atoms with Gasteiger partial charge in [0.15, 0.2) is 0 Å². The molecule has 0 aliphatic carbocycles. The Kier molecular flexibility index (Phi) is 4.21. The maximum Gasteiger partial charge on any atom is 0.259 e. The Labute approximate surface area is 139 Å². The number of thiophene rings is 1. The van der Waals surface area contributed by atoms with Gasteiger partial charge < -0.3 is 0 Å². The first-order valence-electron chi connectivity index (χ1n) is 7.32. The van der Waals surface area contributed by atoms with Gasteiger partial charge in [-0.15, -0.1) is 11.3 Å². The van der Waals surface area contributed by atoms with E-state index in [2.05, 4.69) is 15.3 Å². The fraction of sp³-hybridized carbons (Fsp3) is 0.167. The quantitative estimate of drug-likeness (QED) is 0.778. The molecular formula is C18H17N3OS. The Morgan fingerprint density at radius 3 is 2.35 bits per heavy atom. The summed E-state index contributed by atoms with van der Waals surface area (Å²) in [5.74, 6) is 0.161. The summed E-state index contributed by atoms with van der Waals surface area (Å²) in [7, 11) is 0. The lowest BCUT2D eigenvalue weighted by molar-refractivity contribution is 0.102. The van der Waals surface area contributed by atoms with Crippen molar-refractivity contribution in [2.24, 2.45) is 0 Å². The fourth-order valence-electron chi connectivity index (χ4n) is 2.54. The van der Waals surface area contributed by atoms with Crippen LogP contribution in [0.5, 0.6) is 0 Å². The Morgan fingerprint density at radius 1 is 1.04 bits per heavy atom. The zero-order valence-electron chi connectivity index (χ0n) is 13.3. The van der Waals surface area contributed by atoms with Gasteiger partial charge in [-0.05, 0) is 32.4 Å². The number of carbonyl (C=O) groups is 1. The van der Waals surface area contributed by atoms with E-state index in [4.69, 9.17) is 0 Å². The Hall–Kier alpha value is -2.53. The largest absolute Gasteiger partial charge is 0.290 e. The molecule has 0 fully saturated rings. The minimum Gasteiger partial charge on any atom is -0.290 e. The zero-order valence-corrected chi connectivity index (χ0v) is 14.1. The first-order chi connectivity index (χ1) is 11.0. The molecule has 4 nitrogen and oxygen atoms in total. The number of hydrogen-bond acceptors (Lipinski definition) is 4. The predicted octanol–water partition coefficient (Wildman–Crippen LogP) is 4.38. The average molecular weight is 323 g/mol. The number of nitrogens with zero attached hydrogens (tertiary/aromatic N) is 2. The molecule has 0 bridgehead atoms. The number of aromatic nitrogens is 2. The summed E-state index contributed by atoms with van der Waals surface area (Å²) in [6.45, 7) is 5.79. The highest BCUT2D eigenvalue weighted by atomic mass is 32.1. The number of hydrogen-bond donors (Lipinski definition) is 1. The summed E-state index contributed by atoms with van der Waals surface area (Å²) in [5, 5.41) is 4.69. The summed E-state index contributed by atoms with van der Waals surface area (Å²) in [4.78, 5) is 22.3. The maximum atomic E-state index is 12.7. The van der Waals surface area contributed by atoms with Gasteiger partial charge in [0.2, 0.25) is 5.95 Å². The lowest BCUT2D eigenvalue weighted by Gasteiger charge is -2.08. The van der Waals surface area contributed by atoms with Crippen LogP contribution >= 0.6 is 11.3 Å². The van der Waals surface area contributed by atoms with E-state index in [0.29, 0.717) is 11.5 Å². The zero-order chi connectivity index (χ0) is 16.4. The molecule has 1 amide bonds. The highest BCUT2D eigenvalue weighted by Gasteiger charge is 2.18. The molecule has 23 heavy (non-hydrogen) atoms. The summed E-state index contributed by atoms with van der Waals surface area (Å²) in [5.41, 5.74) is 4.33. The van der Waals surface area contributed by atoms with E-state index in [1.165, 1.54) is 0 Å². The van der Waals surface area contributed by atoms with E-state index in [9.17, 15) is 4.79 Å². The smallest absolute Gasteiger partial charge is 0.259 e. The minimum absolute atomic E-state index is 0.182. The lowest BCUT2D eigenvalue weighted by Crippen LogP contribution is -2.15. The van der Waals surface area contributed by atoms with Crippen molar-refractivity contribution in [3.8, 4) is 11.1 Å². The van der Waals surface area contributed by atoms with Crippen LogP contribution in [0.3, 0.4) is 0 Å². The SMILES string of the molecule is Cc1cc(C)nc(NC(=O)c2csc(C)c2-c2ccccc2)n1. The Morgan fingerprint density at radius 2 is 1.70 bits per heavy atom. The summed E-state index contributed by atoms with van der Waals surface area (Å²) >= 11 is 1.57. The number of benzene rings is 1. The first kappa shape index (κ1) is 15.4. The standard InChI is InChI=1S/C18H17N3OS/c1-11-9-12(2)20-18(19-11)21-17(22)15-10-23-13(3)16(15)14-7-5-4-6-8-14/h4-10H,1-3H3,(H,19,20,21,22). The molecule has 2 heterocycles. The van der Waals surface area contributed by atoms with Crippen molar-refractivity contribution in [3.05, 3.63) is 63.6 Å². The van der Waals surface area contributed by atoms with Gasteiger partial charge in [0.25, 0.3) is 5.91 Å². The molecule has 0 unspecified atom stereocenters. The van der Waals surface area contributed by atoms with Crippen LogP contribution in [0.1, 0.15) is 26.6 Å². The minimum atomic E-state index is -0.182. The third-order valence-corrected chi connectivity index (χ3v) is 4.40. The molecule has 0 radical (unpaired) electrons. The summed E-state index contributed by atoms with van der Waals surface area (Å²) in [6, 6.07) is 11.8. The highest BCUT2D eigenvalue weighted by Crippen LogP contribution is 2.32. The Balaban J connectivity index is 1.95. The molecule has 0 spiro atoms. The van der Waals surface area contributed by atoms with Crippen molar-refractivity contribution in [2.75, 3.05) is 5.32 Å². The molecule has 1 N–H and O–H groups in total. The van der Waals surface area contributed by atoms with Crippen molar-refractivity contribution >= 4 is 23.2 Å². The van der Waals surface area contributed by atoms with Gasteiger partial charge in [0.1, 0.15) is 0 Å². The number of rotatable bonds is 3. The summed E-state index contributed by atoms with van der Waals surface area (Å²) < 4.78 is 0. The third-order valence-electron chi connectivity index (χ3n) is 3.49. The molecule has 0 atom stereocenters. The number of amides is 1. The van der Waals surface area contributed by atoms with Crippen LogP contribution in [0, 0.1) is 20.8 Å². The van der Waals surface area contributed by atoms with Gasteiger partial charge in [-0.1, -0.05) is 30.3 Å². The molecule has 3 rings (SSSR count). The van der Waals surface area contributed by atoms with Gasteiger partial charge in [-0.3, -0.25) is 10.1 Å². The van der Waals surface area contributed by atoms with E-state index in [0.717, 1.165) is 27.4 Å². The van der Waals surface area contributed by atoms with Crippen LogP contribution in [0.25, 0.3) is 11.1 Å². The monoisotopic (exact) mass is 323 g/mol. The van der Waals surface area contributed by atoms with Crippen molar-refractivity contribution < 1.29 is 4.79 Å². The van der Waals surface area contributed by atoms with Crippen molar-refractivity contribution in [3.63, 3.8) is 0 Å².